The summed E-state index contributed by atoms with van der Waals surface area (Å²) in [7, 11) is 0. The number of aromatic nitrogens is 2. The fourth-order valence-electron chi connectivity index (χ4n) is 3.09. The van der Waals surface area contributed by atoms with Gasteiger partial charge in [-0.2, -0.15) is 0 Å². The van der Waals surface area contributed by atoms with Crippen molar-refractivity contribution in [3.05, 3.63) is 89.5 Å². The van der Waals surface area contributed by atoms with Crippen LogP contribution in [0.15, 0.2) is 72.7 Å². The fraction of sp³-hybridized carbons (Fsp3) is 0.143. The maximum absolute atomic E-state index is 12.2. The van der Waals surface area contributed by atoms with Gasteiger partial charge in [-0.1, -0.05) is 35.9 Å². The van der Waals surface area contributed by atoms with Crippen LogP contribution in [-0.4, -0.2) is 26.7 Å². The Bertz CT molecular complexity index is 989. The number of carbonyl (C=O) groups is 1. The van der Waals surface area contributed by atoms with Crippen molar-refractivity contribution in [2.45, 2.75) is 19.4 Å². The average molecular weight is 345 g/mol. The Balaban J connectivity index is 1.47. The van der Waals surface area contributed by atoms with E-state index in [-0.39, 0.29) is 5.91 Å². The van der Waals surface area contributed by atoms with Gasteiger partial charge < -0.3 is 15.0 Å². The summed E-state index contributed by atoms with van der Waals surface area (Å²) in [6.45, 7) is 2.06. The molecule has 26 heavy (non-hydrogen) atoms. The molecule has 1 aliphatic rings. The second kappa shape index (κ2) is 6.61. The molecule has 2 heterocycles. The SMILES string of the molecule is Cc1cccc(CC2=C(n3ccc(NC(=O)c4ccccn4)c3)C2O)c1. The van der Waals surface area contributed by atoms with E-state index in [0.29, 0.717) is 11.4 Å². The summed E-state index contributed by atoms with van der Waals surface area (Å²) in [4.78, 5) is 16.2. The van der Waals surface area contributed by atoms with Crippen molar-refractivity contribution in [2.24, 2.45) is 0 Å². The van der Waals surface area contributed by atoms with Crippen molar-refractivity contribution in [1.82, 2.24) is 9.55 Å². The van der Waals surface area contributed by atoms with Crippen LogP contribution in [0, 0.1) is 6.92 Å². The minimum absolute atomic E-state index is 0.256. The zero-order valence-electron chi connectivity index (χ0n) is 14.4. The van der Waals surface area contributed by atoms with Gasteiger partial charge in [-0.15, -0.1) is 0 Å². The Morgan fingerprint density at radius 2 is 2.12 bits per heavy atom. The first kappa shape index (κ1) is 16.3. The molecule has 0 fully saturated rings. The molecule has 0 radical (unpaired) electrons. The van der Waals surface area contributed by atoms with Gasteiger partial charge in [0.05, 0.1) is 11.4 Å². The highest BCUT2D eigenvalue weighted by molar-refractivity contribution is 6.02. The van der Waals surface area contributed by atoms with Crippen molar-refractivity contribution in [3.8, 4) is 0 Å². The van der Waals surface area contributed by atoms with Crippen molar-refractivity contribution in [1.29, 1.82) is 0 Å². The number of hydrogen-bond donors (Lipinski definition) is 2. The first-order valence-electron chi connectivity index (χ1n) is 8.49. The normalized spacial score (nSPS) is 15.8. The smallest absolute Gasteiger partial charge is 0.274 e. The van der Waals surface area contributed by atoms with Gasteiger partial charge >= 0.3 is 0 Å². The summed E-state index contributed by atoms with van der Waals surface area (Å²) in [6.07, 6.45) is 5.44. The summed E-state index contributed by atoms with van der Waals surface area (Å²) in [5, 5.41) is 13.1. The molecular formula is C21H19N3O2. The van der Waals surface area contributed by atoms with Crippen molar-refractivity contribution < 1.29 is 9.90 Å². The van der Waals surface area contributed by atoms with Gasteiger partial charge in [0, 0.05) is 18.6 Å². The van der Waals surface area contributed by atoms with Gasteiger partial charge in [-0.25, -0.2) is 0 Å². The lowest BCUT2D eigenvalue weighted by Gasteiger charge is -2.01. The maximum atomic E-state index is 12.2. The number of carbonyl (C=O) groups excluding carboxylic acids is 1. The van der Waals surface area contributed by atoms with Crippen molar-refractivity contribution in [2.75, 3.05) is 5.32 Å². The molecule has 2 aromatic heterocycles. The molecule has 5 heteroatoms. The van der Waals surface area contributed by atoms with Gasteiger partial charge in [0.2, 0.25) is 0 Å². The lowest BCUT2D eigenvalue weighted by atomic mass is 10.1. The summed E-state index contributed by atoms with van der Waals surface area (Å²) in [6, 6.07) is 15.3. The summed E-state index contributed by atoms with van der Waals surface area (Å²) >= 11 is 0. The molecule has 1 aliphatic carbocycles. The van der Waals surface area contributed by atoms with E-state index < -0.39 is 6.10 Å². The Morgan fingerprint density at radius 3 is 2.88 bits per heavy atom. The van der Waals surface area contributed by atoms with Crippen LogP contribution in [0.4, 0.5) is 5.69 Å². The molecule has 0 saturated heterocycles. The molecule has 0 bridgehead atoms. The summed E-state index contributed by atoms with van der Waals surface area (Å²) < 4.78 is 1.86. The Kier molecular flexibility index (Phi) is 4.14. The minimum atomic E-state index is -0.526. The number of hydrogen-bond acceptors (Lipinski definition) is 3. The van der Waals surface area contributed by atoms with Crippen LogP contribution in [0.5, 0.6) is 0 Å². The molecule has 130 valence electrons. The van der Waals surface area contributed by atoms with E-state index in [9.17, 15) is 9.90 Å². The second-order valence-electron chi connectivity index (χ2n) is 6.46. The minimum Gasteiger partial charge on any atom is -0.382 e. The van der Waals surface area contributed by atoms with Crippen LogP contribution in [0.1, 0.15) is 21.6 Å². The second-order valence-corrected chi connectivity index (χ2v) is 6.46. The van der Waals surface area contributed by atoms with Gasteiger partial charge in [0.25, 0.3) is 5.91 Å². The first-order chi connectivity index (χ1) is 12.6. The molecule has 1 aromatic carbocycles. The van der Waals surface area contributed by atoms with E-state index in [1.165, 1.54) is 11.1 Å². The van der Waals surface area contributed by atoms with Crippen LogP contribution in [0.2, 0.25) is 0 Å². The van der Waals surface area contributed by atoms with Crippen molar-refractivity contribution in [3.63, 3.8) is 0 Å². The molecular weight excluding hydrogens is 326 g/mol. The predicted octanol–water partition coefficient (Wildman–Crippen LogP) is 3.27. The third-order valence-corrected chi connectivity index (χ3v) is 4.44. The summed E-state index contributed by atoms with van der Waals surface area (Å²) in [5.74, 6) is -0.256. The zero-order chi connectivity index (χ0) is 18.1. The van der Waals surface area contributed by atoms with E-state index in [0.717, 1.165) is 17.7 Å². The Labute approximate surface area is 151 Å². The van der Waals surface area contributed by atoms with Gasteiger partial charge in [0.15, 0.2) is 0 Å². The third-order valence-electron chi connectivity index (χ3n) is 4.44. The number of nitrogens with one attached hydrogen (secondary N) is 1. The van der Waals surface area contributed by atoms with Crippen LogP contribution in [0.3, 0.4) is 0 Å². The lowest BCUT2D eigenvalue weighted by Crippen LogP contribution is -2.12. The van der Waals surface area contributed by atoms with Gasteiger partial charge in [-0.3, -0.25) is 9.78 Å². The molecule has 3 aromatic rings. The lowest BCUT2D eigenvalue weighted by molar-refractivity contribution is 0.102. The number of aliphatic hydroxyl groups excluding tert-OH is 1. The summed E-state index contributed by atoms with van der Waals surface area (Å²) in [5.41, 5.74) is 5.32. The number of anilines is 1. The number of pyridine rings is 1. The van der Waals surface area contributed by atoms with E-state index in [1.54, 1.807) is 24.4 Å². The third kappa shape index (κ3) is 3.30. The zero-order valence-corrected chi connectivity index (χ0v) is 14.4. The number of nitrogens with zero attached hydrogens (tertiary/aromatic N) is 2. The van der Waals surface area contributed by atoms with Crippen LogP contribution in [0.25, 0.3) is 5.70 Å². The van der Waals surface area contributed by atoms with Crippen molar-refractivity contribution >= 4 is 17.3 Å². The van der Waals surface area contributed by atoms with Gasteiger partial charge in [0.1, 0.15) is 11.8 Å². The highest BCUT2D eigenvalue weighted by atomic mass is 16.3. The molecule has 0 aliphatic heterocycles. The quantitative estimate of drug-likeness (QED) is 0.746. The number of benzene rings is 1. The van der Waals surface area contributed by atoms with Gasteiger partial charge in [-0.05, 0) is 42.7 Å². The monoisotopic (exact) mass is 345 g/mol. The van der Waals surface area contributed by atoms with Crippen LogP contribution < -0.4 is 5.32 Å². The maximum Gasteiger partial charge on any atom is 0.274 e. The van der Waals surface area contributed by atoms with E-state index in [4.69, 9.17) is 0 Å². The molecule has 1 atom stereocenters. The Hall–Kier alpha value is -3.18. The topological polar surface area (TPSA) is 67.2 Å². The molecule has 0 saturated carbocycles. The fourth-order valence-corrected chi connectivity index (χ4v) is 3.09. The Morgan fingerprint density at radius 1 is 1.23 bits per heavy atom. The number of aryl methyl sites for hydroxylation is 1. The molecule has 2 N–H and O–H groups in total. The molecule has 5 nitrogen and oxygen atoms in total. The first-order valence-corrected chi connectivity index (χ1v) is 8.49. The van der Waals surface area contributed by atoms with E-state index >= 15 is 0 Å². The van der Waals surface area contributed by atoms with Crippen LogP contribution in [-0.2, 0) is 6.42 Å². The largest absolute Gasteiger partial charge is 0.382 e. The highest BCUT2D eigenvalue weighted by Gasteiger charge is 2.35. The average Bonchev–Trinajstić information content (AvgIpc) is 3.04. The van der Waals surface area contributed by atoms with E-state index in [2.05, 4.69) is 35.4 Å². The molecule has 1 unspecified atom stereocenters. The molecule has 4 rings (SSSR count). The number of amides is 1. The number of rotatable bonds is 5. The number of aliphatic hydroxyl groups is 1. The van der Waals surface area contributed by atoms with E-state index in [1.807, 2.05) is 29.1 Å². The predicted molar refractivity (Wildman–Crippen MR) is 101 cm³/mol. The molecule has 0 spiro atoms. The molecule has 1 amide bonds. The standard InChI is InChI=1S/C21H19N3O2/c1-14-5-4-6-15(11-14)12-17-19(20(17)25)24-10-8-16(13-24)23-21(26)18-7-2-3-9-22-18/h2-11,13,20,25H,12H2,1H3,(H,23,26). The highest BCUT2D eigenvalue weighted by Crippen LogP contribution is 2.39. The van der Waals surface area contributed by atoms with Crippen LogP contribution >= 0.6 is 0 Å².